The Morgan fingerprint density at radius 1 is 0.861 bits per heavy atom. The molecule has 192 valence electrons. The zero-order valence-electron chi connectivity index (χ0n) is 20.3. The average Bonchev–Trinajstić information content (AvgIpc) is 2.81. The Hall–Kier alpha value is -2.68. The van der Waals surface area contributed by atoms with E-state index in [0.29, 0.717) is 24.0 Å². The Balaban J connectivity index is 1.41. The highest BCUT2D eigenvalue weighted by Gasteiger charge is 2.38. The first-order chi connectivity index (χ1) is 17.2. The molecule has 2 aromatic rings. The molecule has 2 fully saturated rings. The zero-order chi connectivity index (χ0) is 25.9. The summed E-state index contributed by atoms with van der Waals surface area (Å²) < 4.78 is 80.6. The monoisotopic (exact) mass is 504 g/mol. The summed E-state index contributed by atoms with van der Waals surface area (Å²) >= 11 is 0. The number of hydrogen-bond acceptors (Lipinski definition) is 0. The van der Waals surface area contributed by atoms with Crippen LogP contribution in [0.3, 0.4) is 0 Å². The van der Waals surface area contributed by atoms with Crippen molar-refractivity contribution in [2.45, 2.75) is 70.4 Å². The topological polar surface area (TPSA) is 0 Å². The lowest BCUT2D eigenvalue weighted by Gasteiger charge is -2.42. The Morgan fingerprint density at radius 3 is 2.22 bits per heavy atom. The van der Waals surface area contributed by atoms with Crippen LogP contribution in [-0.2, 0) is 6.18 Å². The molecule has 36 heavy (non-hydrogen) atoms. The standard InChI is InChI=1S/C30H30F6/c1-2-3-4-5-19-6-9-23-17-24(13-12-22(23)14-19)25-11-10-21(26(31)18-25)8-7-20-15-27(32)29(28(33)16-20)30(34,35)36/h2-3,10-11,15-16,18-19,22-24H,4-6,9,12-14,17H2,1H3/b3-2+. The van der Waals surface area contributed by atoms with Gasteiger partial charge < -0.3 is 0 Å². The number of halogens is 6. The molecule has 2 saturated carbocycles. The number of allylic oxidation sites excluding steroid dienone is 2. The summed E-state index contributed by atoms with van der Waals surface area (Å²) in [5.41, 5.74) is -1.28. The molecule has 2 aliphatic carbocycles. The maximum atomic E-state index is 14.8. The number of rotatable bonds is 4. The molecule has 4 atom stereocenters. The molecule has 4 unspecified atom stereocenters. The number of alkyl halides is 3. The van der Waals surface area contributed by atoms with Crippen LogP contribution in [0.5, 0.6) is 0 Å². The third kappa shape index (κ3) is 6.17. The van der Waals surface area contributed by atoms with Gasteiger partial charge in [0.2, 0.25) is 0 Å². The fourth-order valence-electron chi connectivity index (χ4n) is 5.99. The third-order valence-corrected chi connectivity index (χ3v) is 7.83. The van der Waals surface area contributed by atoms with Gasteiger partial charge in [-0.05, 0) is 105 Å². The van der Waals surface area contributed by atoms with E-state index in [1.54, 1.807) is 6.07 Å². The van der Waals surface area contributed by atoms with Crippen molar-refractivity contribution in [1.82, 2.24) is 0 Å². The van der Waals surface area contributed by atoms with Crippen molar-refractivity contribution >= 4 is 0 Å². The van der Waals surface area contributed by atoms with Crippen molar-refractivity contribution < 1.29 is 26.3 Å². The number of benzene rings is 2. The van der Waals surface area contributed by atoms with Gasteiger partial charge >= 0.3 is 6.18 Å². The minimum atomic E-state index is -5.15. The van der Waals surface area contributed by atoms with Crippen molar-refractivity contribution in [2.75, 3.05) is 0 Å². The SMILES string of the molecule is C/C=C/CCC1CCC2CC(c3ccc(C#Cc4cc(F)c(C(F)(F)F)c(F)c4)c(F)c3)CCC2C1. The zero-order valence-corrected chi connectivity index (χ0v) is 20.3. The quantitative estimate of drug-likeness (QED) is 0.221. The van der Waals surface area contributed by atoms with Crippen LogP contribution in [0.2, 0.25) is 0 Å². The van der Waals surface area contributed by atoms with Crippen molar-refractivity contribution in [3.63, 3.8) is 0 Å². The van der Waals surface area contributed by atoms with Crippen LogP contribution in [0.15, 0.2) is 42.5 Å². The smallest absolute Gasteiger partial charge is 0.206 e. The van der Waals surface area contributed by atoms with Crippen LogP contribution in [-0.4, -0.2) is 0 Å². The molecule has 2 aromatic carbocycles. The van der Waals surface area contributed by atoms with Gasteiger partial charge in [-0.25, -0.2) is 13.2 Å². The molecule has 0 aromatic heterocycles. The molecular weight excluding hydrogens is 474 g/mol. The molecule has 0 bridgehead atoms. The lowest BCUT2D eigenvalue weighted by atomic mass is 9.63. The van der Waals surface area contributed by atoms with E-state index >= 15 is 0 Å². The van der Waals surface area contributed by atoms with Crippen molar-refractivity contribution in [1.29, 1.82) is 0 Å². The molecule has 6 heteroatoms. The van der Waals surface area contributed by atoms with Crippen LogP contribution in [0.1, 0.15) is 86.5 Å². The van der Waals surface area contributed by atoms with Gasteiger partial charge in [-0.15, -0.1) is 0 Å². The maximum absolute atomic E-state index is 14.8. The van der Waals surface area contributed by atoms with Gasteiger partial charge in [0.25, 0.3) is 0 Å². The van der Waals surface area contributed by atoms with E-state index in [2.05, 4.69) is 30.9 Å². The van der Waals surface area contributed by atoms with Crippen LogP contribution >= 0.6 is 0 Å². The lowest BCUT2D eigenvalue weighted by molar-refractivity contribution is -0.142. The van der Waals surface area contributed by atoms with Crippen molar-refractivity contribution in [3.05, 3.63) is 82.2 Å². The van der Waals surface area contributed by atoms with Gasteiger partial charge in [0.1, 0.15) is 23.0 Å². The molecule has 0 radical (unpaired) electrons. The van der Waals surface area contributed by atoms with Gasteiger partial charge in [-0.1, -0.05) is 36.5 Å². The van der Waals surface area contributed by atoms with Gasteiger partial charge in [-0.3, -0.25) is 0 Å². The highest BCUT2D eigenvalue weighted by molar-refractivity contribution is 5.46. The summed E-state index contributed by atoms with van der Waals surface area (Å²) in [4.78, 5) is 0. The fourth-order valence-corrected chi connectivity index (χ4v) is 5.99. The Kier molecular flexibility index (Phi) is 8.17. The minimum Gasteiger partial charge on any atom is -0.206 e. The van der Waals surface area contributed by atoms with Crippen molar-refractivity contribution in [2.24, 2.45) is 17.8 Å². The highest BCUT2D eigenvalue weighted by Crippen LogP contribution is 2.48. The number of fused-ring (bicyclic) bond motifs is 1. The van der Waals surface area contributed by atoms with E-state index in [4.69, 9.17) is 0 Å². The van der Waals surface area contributed by atoms with E-state index in [1.807, 2.05) is 6.07 Å². The van der Waals surface area contributed by atoms with E-state index in [1.165, 1.54) is 31.7 Å². The summed E-state index contributed by atoms with van der Waals surface area (Å²) in [6.07, 6.45) is 8.65. The summed E-state index contributed by atoms with van der Waals surface area (Å²) in [6.45, 7) is 2.06. The second-order valence-electron chi connectivity index (χ2n) is 10.2. The van der Waals surface area contributed by atoms with Crippen LogP contribution in [0.4, 0.5) is 26.3 Å². The largest absolute Gasteiger partial charge is 0.422 e. The molecule has 0 heterocycles. The Bertz CT molecular complexity index is 1140. The van der Waals surface area contributed by atoms with E-state index < -0.39 is 29.2 Å². The molecular formula is C30H30F6. The van der Waals surface area contributed by atoms with Crippen LogP contribution in [0, 0.1) is 47.0 Å². The molecule has 0 spiro atoms. The average molecular weight is 505 g/mol. The summed E-state index contributed by atoms with van der Waals surface area (Å²) in [5.74, 6) is 3.38. The summed E-state index contributed by atoms with van der Waals surface area (Å²) in [7, 11) is 0. The Morgan fingerprint density at radius 2 is 1.56 bits per heavy atom. The van der Waals surface area contributed by atoms with Crippen molar-refractivity contribution in [3.8, 4) is 11.8 Å². The maximum Gasteiger partial charge on any atom is 0.422 e. The molecule has 4 rings (SSSR count). The van der Waals surface area contributed by atoms with Crippen LogP contribution in [0.25, 0.3) is 0 Å². The molecule has 2 aliphatic rings. The van der Waals surface area contributed by atoms with E-state index in [0.717, 1.165) is 43.1 Å². The first-order valence-electron chi connectivity index (χ1n) is 12.6. The molecule has 0 aliphatic heterocycles. The first kappa shape index (κ1) is 26.4. The molecule has 0 saturated heterocycles. The second-order valence-corrected chi connectivity index (χ2v) is 10.2. The Labute approximate surface area is 208 Å². The van der Waals surface area contributed by atoms with Crippen LogP contribution < -0.4 is 0 Å². The van der Waals surface area contributed by atoms with Gasteiger partial charge in [0, 0.05) is 5.56 Å². The number of hydrogen-bond donors (Lipinski definition) is 0. The first-order valence-corrected chi connectivity index (χ1v) is 12.6. The van der Waals surface area contributed by atoms with E-state index in [-0.39, 0.29) is 11.1 Å². The second kappa shape index (κ2) is 11.2. The summed E-state index contributed by atoms with van der Waals surface area (Å²) in [5, 5.41) is 0. The van der Waals surface area contributed by atoms with Gasteiger partial charge in [0.05, 0.1) is 5.56 Å². The molecule has 0 N–H and O–H groups in total. The highest BCUT2D eigenvalue weighted by atomic mass is 19.4. The molecule has 0 nitrogen and oxygen atoms in total. The van der Waals surface area contributed by atoms with Gasteiger partial charge in [-0.2, -0.15) is 13.2 Å². The lowest BCUT2D eigenvalue weighted by Crippen LogP contribution is -2.30. The predicted molar refractivity (Wildman–Crippen MR) is 129 cm³/mol. The normalized spacial score (nSPS) is 24.3. The summed E-state index contributed by atoms with van der Waals surface area (Å²) in [6, 6.07) is 5.89. The van der Waals surface area contributed by atoms with E-state index in [9.17, 15) is 26.3 Å². The minimum absolute atomic E-state index is 0.0368. The molecule has 0 amide bonds. The third-order valence-electron chi connectivity index (χ3n) is 7.83. The van der Waals surface area contributed by atoms with Gasteiger partial charge in [0.15, 0.2) is 0 Å². The fraction of sp³-hybridized carbons (Fsp3) is 0.467. The predicted octanol–water partition coefficient (Wildman–Crippen LogP) is 9.18.